The minimum Gasteiger partial charge on any atom is -0.619 e. The molecule has 1 aromatic carbocycles. The first-order valence-corrected chi connectivity index (χ1v) is 5.38. The zero-order valence-corrected chi connectivity index (χ0v) is 9.69. The lowest BCUT2D eigenvalue weighted by molar-refractivity contribution is -0.606. The summed E-state index contributed by atoms with van der Waals surface area (Å²) in [5.41, 5.74) is 0.198. The Balaban J connectivity index is 2.41. The highest BCUT2D eigenvalue weighted by atomic mass is 19.1. The maximum absolute atomic E-state index is 13.4. The molecule has 1 aromatic heterocycles. The summed E-state index contributed by atoms with van der Waals surface area (Å²) in [5, 5.41) is 21.9. The van der Waals surface area contributed by atoms with Gasteiger partial charge in [-0.25, -0.2) is 4.39 Å². The molecule has 0 bridgehead atoms. The average molecular weight is 260 g/mol. The predicted molar refractivity (Wildman–Crippen MR) is 67.4 cm³/mol. The molecule has 0 saturated carbocycles. The molecule has 0 amide bonds. The lowest BCUT2D eigenvalue weighted by Crippen LogP contribution is -2.24. The van der Waals surface area contributed by atoms with Crippen molar-refractivity contribution in [1.82, 2.24) is 0 Å². The quantitative estimate of drug-likeness (QED) is 0.368. The summed E-state index contributed by atoms with van der Waals surface area (Å²) in [6, 6.07) is 7.12. The number of hydrogen-bond donors (Lipinski definition) is 0. The van der Waals surface area contributed by atoms with E-state index in [1.54, 1.807) is 12.1 Å². The molecule has 2 aromatic rings. The molecule has 0 N–H and O–H groups in total. The average Bonchev–Trinajstić information content (AvgIpc) is 2.37. The van der Waals surface area contributed by atoms with Crippen molar-refractivity contribution in [2.24, 2.45) is 0 Å². The topological polar surface area (TPSA) is 70.1 Å². The Morgan fingerprint density at radius 1 is 1.16 bits per heavy atom. The Morgan fingerprint density at radius 2 is 1.84 bits per heavy atom. The number of halogens is 1. The molecule has 0 saturated heterocycles. The van der Waals surface area contributed by atoms with Crippen LogP contribution in [0, 0.1) is 21.1 Å². The summed E-state index contributed by atoms with van der Waals surface area (Å²) in [6.45, 7) is 0. The number of nitro groups is 1. The standard InChI is InChI=1S/C13H9FN2O3/c14-12-4-2-1-3-10(12)5-6-11-9-15(17)8-7-13(11)16(18)19/h1-9H/b6-5+. The van der Waals surface area contributed by atoms with Crippen LogP contribution in [0.5, 0.6) is 0 Å². The molecule has 0 fully saturated rings. The van der Waals surface area contributed by atoms with E-state index in [1.807, 2.05) is 0 Å². The van der Waals surface area contributed by atoms with Gasteiger partial charge < -0.3 is 5.21 Å². The number of pyridine rings is 1. The van der Waals surface area contributed by atoms with E-state index in [4.69, 9.17) is 0 Å². The number of nitrogens with zero attached hydrogens (tertiary/aromatic N) is 2. The first-order valence-electron chi connectivity index (χ1n) is 5.38. The van der Waals surface area contributed by atoms with Crippen LogP contribution in [0.4, 0.5) is 10.1 Å². The molecule has 5 nitrogen and oxygen atoms in total. The second kappa shape index (κ2) is 5.26. The molecule has 2 rings (SSSR count). The van der Waals surface area contributed by atoms with Crippen LogP contribution in [-0.2, 0) is 0 Å². The zero-order valence-electron chi connectivity index (χ0n) is 9.69. The van der Waals surface area contributed by atoms with Gasteiger partial charge in [-0.05, 0) is 12.1 Å². The molecule has 0 aliphatic rings. The fourth-order valence-electron chi connectivity index (χ4n) is 1.57. The minimum absolute atomic E-state index is 0.116. The van der Waals surface area contributed by atoms with Gasteiger partial charge in [0.05, 0.1) is 11.0 Å². The van der Waals surface area contributed by atoms with Crippen molar-refractivity contribution in [3.8, 4) is 0 Å². The van der Waals surface area contributed by atoms with Gasteiger partial charge in [0.15, 0.2) is 12.4 Å². The van der Waals surface area contributed by atoms with Crippen LogP contribution in [0.3, 0.4) is 0 Å². The third kappa shape index (κ3) is 2.92. The smallest absolute Gasteiger partial charge is 0.288 e. The van der Waals surface area contributed by atoms with Gasteiger partial charge in [-0.1, -0.05) is 24.3 Å². The molecule has 0 atom stereocenters. The van der Waals surface area contributed by atoms with Gasteiger partial charge in [0.2, 0.25) is 0 Å². The van der Waals surface area contributed by atoms with Crippen molar-refractivity contribution in [2.75, 3.05) is 0 Å². The first-order chi connectivity index (χ1) is 9.08. The maximum atomic E-state index is 13.4. The van der Waals surface area contributed by atoms with E-state index < -0.39 is 10.7 Å². The second-order valence-corrected chi connectivity index (χ2v) is 3.76. The van der Waals surface area contributed by atoms with Crippen LogP contribution in [0.25, 0.3) is 12.2 Å². The van der Waals surface area contributed by atoms with E-state index in [9.17, 15) is 19.7 Å². The summed E-state index contributed by atoms with van der Waals surface area (Å²) < 4.78 is 13.8. The van der Waals surface area contributed by atoms with E-state index in [0.29, 0.717) is 4.73 Å². The molecule has 0 spiro atoms. The van der Waals surface area contributed by atoms with E-state index in [0.717, 1.165) is 18.5 Å². The molecular formula is C13H9FN2O3. The van der Waals surface area contributed by atoms with Crippen molar-refractivity contribution < 1.29 is 14.0 Å². The second-order valence-electron chi connectivity index (χ2n) is 3.76. The van der Waals surface area contributed by atoms with E-state index in [2.05, 4.69) is 0 Å². The van der Waals surface area contributed by atoms with Crippen molar-refractivity contribution >= 4 is 17.8 Å². The summed E-state index contributed by atoms with van der Waals surface area (Å²) in [5.74, 6) is -0.438. The van der Waals surface area contributed by atoms with Crippen molar-refractivity contribution in [3.63, 3.8) is 0 Å². The van der Waals surface area contributed by atoms with Gasteiger partial charge in [0.1, 0.15) is 11.4 Å². The van der Waals surface area contributed by atoms with Crippen molar-refractivity contribution in [1.29, 1.82) is 0 Å². The third-order valence-electron chi connectivity index (χ3n) is 2.49. The Kier molecular flexibility index (Phi) is 3.51. The minimum atomic E-state index is -0.596. The highest BCUT2D eigenvalue weighted by Crippen LogP contribution is 2.19. The maximum Gasteiger partial charge on any atom is 0.288 e. The number of rotatable bonds is 3. The molecule has 0 aliphatic heterocycles. The van der Waals surface area contributed by atoms with Crippen LogP contribution >= 0.6 is 0 Å². The van der Waals surface area contributed by atoms with E-state index in [1.165, 1.54) is 24.3 Å². The molecule has 96 valence electrons. The van der Waals surface area contributed by atoms with Gasteiger partial charge in [0, 0.05) is 5.56 Å². The van der Waals surface area contributed by atoms with Gasteiger partial charge in [0.25, 0.3) is 5.69 Å². The largest absolute Gasteiger partial charge is 0.619 e. The predicted octanol–water partition coefficient (Wildman–Crippen LogP) is 2.54. The lowest BCUT2D eigenvalue weighted by Gasteiger charge is -1.99. The third-order valence-corrected chi connectivity index (χ3v) is 2.49. The van der Waals surface area contributed by atoms with Crippen LogP contribution in [0.1, 0.15) is 11.1 Å². The molecule has 0 unspecified atom stereocenters. The van der Waals surface area contributed by atoms with Crippen molar-refractivity contribution in [3.05, 3.63) is 75.0 Å². The van der Waals surface area contributed by atoms with Crippen LogP contribution in [0.2, 0.25) is 0 Å². The monoisotopic (exact) mass is 260 g/mol. The molecule has 0 aliphatic carbocycles. The van der Waals surface area contributed by atoms with Gasteiger partial charge in [-0.3, -0.25) is 10.1 Å². The van der Waals surface area contributed by atoms with Gasteiger partial charge in [-0.2, -0.15) is 4.73 Å². The lowest BCUT2D eigenvalue weighted by atomic mass is 10.1. The zero-order chi connectivity index (χ0) is 13.8. The highest BCUT2D eigenvalue weighted by Gasteiger charge is 2.14. The Hall–Kier alpha value is -2.76. The Morgan fingerprint density at radius 3 is 2.53 bits per heavy atom. The summed E-state index contributed by atoms with van der Waals surface area (Å²) in [6.07, 6.45) is 4.83. The molecule has 6 heteroatoms. The number of benzene rings is 1. The number of aromatic nitrogens is 1. The fourth-order valence-corrected chi connectivity index (χ4v) is 1.57. The molecular weight excluding hydrogens is 251 g/mol. The molecule has 19 heavy (non-hydrogen) atoms. The van der Waals surface area contributed by atoms with Crippen LogP contribution in [0.15, 0.2) is 42.7 Å². The van der Waals surface area contributed by atoms with Crippen molar-refractivity contribution in [2.45, 2.75) is 0 Å². The normalized spacial score (nSPS) is 10.8. The SMILES string of the molecule is O=[N+]([O-])c1cc[n+]([O-])cc1/C=C/c1ccccc1F. The summed E-state index contributed by atoms with van der Waals surface area (Å²) in [7, 11) is 0. The Bertz CT molecular complexity index is 656. The van der Waals surface area contributed by atoms with E-state index in [-0.39, 0.29) is 16.8 Å². The summed E-state index contributed by atoms with van der Waals surface area (Å²) in [4.78, 5) is 10.2. The summed E-state index contributed by atoms with van der Waals surface area (Å²) >= 11 is 0. The van der Waals surface area contributed by atoms with Crippen LogP contribution < -0.4 is 4.73 Å². The van der Waals surface area contributed by atoms with Gasteiger partial charge in [-0.15, -0.1) is 0 Å². The molecule has 0 radical (unpaired) electrons. The van der Waals surface area contributed by atoms with Gasteiger partial charge >= 0.3 is 0 Å². The van der Waals surface area contributed by atoms with E-state index >= 15 is 0 Å². The molecule has 1 heterocycles. The van der Waals surface area contributed by atoms with Crippen LogP contribution in [-0.4, -0.2) is 4.92 Å². The highest BCUT2D eigenvalue weighted by molar-refractivity contribution is 5.73. The Labute approximate surface area is 108 Å². The fraction of sp³-hybridized carbons (Fsp3) is 0. The first kappa shape index (κ1) is 12.7. The number of hydrogen-bond acceptors (Lipinski definition) is 3.